The third kappa shape index (κ3) is 3.32. The van der Waals surface area contributed by atoms with Gasteiger partial charge in [-0.1, -0.05) is 0 Å². The minimum Gasteiger partial charge on any atom is -0.506 e. The van der Waals surface area contributed by atoms with Gasteiger partial charge in [0.15, 0.2) is 0 Å². The van der Waals surface area contributed by atoms with Crippen molar-refractivity contribution < 1.29 is 5.11 Å². The zero-order valence-electron chi connectivity index (χ0n) is 10.7. The van der Waals surface area contributed by atoms with Crippen LogP contribution in [0.3, 0.4) is 0 Å². The molecule has 1 heterocycles. The fraction of sp³-hybridized carbons (Fsp3) is 0.571. The first-order chi connectivity index (χ1) is 9.13. The Bertz CT molecular complexity index is 454. The molecule has 1 unspecified atom stereocenters. The molecule has 1 aromatic rings. The number of aromatic hydroxyl groups is 1. The van der Waals surface area contributed by atoms with Crippen molar-refractivity contribution in [3.8, 4) is 5.75 Å². The highest BCUT2D eigenvalue weighted by molar-refractivity contribution is 9.11. The Kier molecular flexibility index (Phi) is 4.17. The summed E-state index contributed by atoms with van der Waals surface area (Å²) in [6.07, 6.45) is 4.03. The summed E-state index contributed by atoms with van der Waals surface area (Å²) >= 11 is 6.74. The van der Waals surface area contributed by atoms with Crippen molar-refractivity contribution in [3.63, 3.8) is 0 Å². The number of nitrogens with one attached hydrogen (secondary N) is 1. The van der Waals surface area contributed by atoms with Gasteiger partial charge in [0.2, 0.25) is 0 Å². The standard InChI is InChI=1S/C14H18Br2N2O/c15-12-5-9(6-13(16)14(12)19)7-17-10-3-4-18(8-10)11-1-2-11/h5-6,10-11,17,19H,1-4,7-8H2. The summed E-state index contributed by atoms with van der Waals surface area (Å²) < 4.78 is 1.48. The van der Waals surface area contributed by atoms with Crippen LogP contribution in [0.15, 0.2) is 21.1 Å². The first-order valence-corrected chi connectivity index (χ1v) is 8.36. The van der Waals surface area contributed by atoms with Crippen molar-refractivity contribution >= 4 is 31.9 Å². The third-order valence-electron chi connectivity index (χ3n) is 3.95. The molecule has 2 aliphatic rings. The van der Waals surface area contributed by atoms with Crippen LogP contribution >= 0.6 is 31.9 Å². The van der Waals surface area contributed by atoms with E-state index in [4.69, 9.17) is 0 Å². The predicted octanol–water partition coefficient (Wildman–Crippen LogP) is 3.24. The Morgan fingerprint density at radius 1 is 1.21 bits per heavy atom. The molecular weight excluding hydrogens is 372 g/mol. The van der Waals surface area contributed by atoms with Gasteiger partial charge >= 0.3 is 0 Å². The highest BCUT2D eigenvalue weighted by atomic mass is 79.9. The second-order valence-electron chi connectivity index (χ2n) is 5.50. The highest BCUT2D eigenvalue weighted by Crippen LogP contribution is 2.33. The van der Waals surface area contributed by atoms with Crippen molar-refractivity contribution in [1.29, 1.82) is 0 Å². The predicted molar refractivity (Wildman–Crippen MR) is 83.3 cm³/mol. The van der Waals surface area contributed by atoms with E-state index in [0.29, 0.717) is 6.04 Å². The van der Waals surface area contributed by atoms with Gasteiger partial charge in [-0.2, -0.15) is 0 Å². The maximum atomic E-state index is 9.69. The van der Waals surface area contributed by atoms with Gasteiger partial charge < -0.3 is 10.4 Å². The maximum Gasteiger partial charge on any atom is 0.143 e. The van der Waals surface area contributed by atoms with E-state index < -0.39 is 0 Å². The number of nitrogens with zero attached hydrogens (tertiary/aromatic N) is 1. The molecule has 0 amide bonds. The van der Waals surface area contributed by atoms with Gasteiger partial charge in [-0.25, -0.2) is 0 Å². The molecule has 3 nitrogen and oxygen atoms in total. The lowest BCUT2D eigenvalue weighted by molar-refractivity contribution is 0.317. The van der Waals surface area contributed by atoms with Gasteiger partial charge in [0.1, 0.15) is 5.75 Å². The lowest BCUT2D eigenvalue weighted by Crippen LogP contribution is -2.32. The summed E-state index contributed by atoms with van der Waals surface area (Å²) in [4.78, 5) is 2.61. The van der Waals surface area contributed by atoms with E-state index in [0.717, 1.165) is 21.5 Å². The van der Waals surface area contributed by atoms with Crippen LogP contribution in [0.1, 0.15) is 24.8 Å². The summed E-state index contributed by atoms with van der Waals surface area (Å²) in [6, 6.07) is 5.43. The number of hydrogen-bond donors (Lipinski definition) is 2. The molecule has 1 atom stereocenters. The van der Waals surface area contributed by atoms with Crippen molar-refractivity contribution in [2.45, 2.75) is 37.9 Å². The minimum atomic E-state index is 0.268. The molecule has 0 spiro atoms. The van der Waals surface area contributed by atoms with Crippen LogP contribution in [0.25, 0.3) is 0 Å². The van der Waals surface area contributed by atoms with Gasteiger partial charge in [0.25, 0.3) is 0 Å². The lowest BCUT2D eigenvalue weighted by atomic mass is 10.2. The van der Waals surface area contributed by atoms with Gasteiger partial charge in [0, 0.05) is 31.7 Å². The fourth-order valence-corrected chi connectivity index (χ4v) is 3.99. The zero-order valence-corrected chi connectivity index (χ0v) is 13.9. The molecule has 3 rings (SSSR count). The Balaban J connectivity index is 1.54. The van der Waals surface area contributed by atoms with E-state index in [-0.39, 0.29) is 5.75 Å². The van der Waals surface area contributed by atoms with Crippen LogP contribution in [0.4, 0.5) is 0 Å². The van der Waals surface area contributed by atoms with Crippen LogP contribution in [0.2, 0.25) is 0 Å². The van der Waals surface area contributed by atoms with E-state index in [2.05, 4.69) is 42.1 Å². The fourth-order valence-electron chi connectivity index (χ4n) is 2.71. The molecule has 0 radical (unpaired) electrons. The van der Waals surface area contributed by atoms with Gasteiger partial charge in [-0.05, 0) is 68.8 Å². The highest BCUT2D eigenvalue weighted by Gasteiger charge is 2.34. The van der Waals surface area contributed by atoms with E-state index in [9.17, 15) is 5.11 Å². The van der Waals surface area contributed by atoms with Crippen LogP contribution in [0.5, 0.6) is 5.75 Å². The first kappa shape index (κ1) is 13.9. The largest absolute Gasteiger partial charge is 0.506 e. The molecule has 0 bridgehead atoms. The second-order valence-corrected chi connectivity index (χ2v) is 7.21. The molecule has 1 aliphatic heterocycles. The van der Waals surface area contributed by atoms with Crippen molar-refractivity contribution in [2.75, 3.05) is 13.1 Å². The molecular formula is C14H18Br2N2O. The van der Waals surface area contributed by atoms with Gasteiger partial charge in [-0.15, -0.1) is 0 Å². The van der Waals surface area contributed by atoms with Crippen LogP contribution < -0.4 is 5.32 Å². The third-order valence-corrected chi connectivity index (χ3v) is 5.16. The number of benzene rings is 1. The molecule has 2 N–H and O–H groups in total. The molecule has 1 aromatic carbocycles. The maximum absolute atomic E-state index is 9.69. The average Bonchev–Trinajstić information content (AvgIpc) is 3.13. The van der Waals surface area contributed by atoms with Crippen molar-refractivity contribution in [3.05, 3.63) is 26.6 Å². The SMILES string of the molecule is Oc1c(Br)cc(CNC2CCN(C3CC3)C2)cc1Br. The molecule has 0 aromatic heterocycles. The molecule has 1 aliphatic carbocycles. The average molecular weight is 390 g/mol. The summed E-state index contributed by atoms with van der Waals surface area (Å²) in [7, 11) is 0. The number of hydrogen-bond acceptors (Lipinski definition) is 3. The second kappa shape index (κ2) is 5.72. The molecule has 5 heteroatoms. The number of phenols is 1. The van der Waals surface area contributed by atoms with E-state index in [1.54, 1.807) is 0 Å². The van der Waals surface area contributed by atoms with Crippen LogP contribution in [-0.2, 0) is 6.54 Å². The Morgan fingerprint density at radius 2 is 1.89 bits per heavy atom. The number of halogens is 2. The summed E-state index contributed by atoms with van der Waals surface area (Å²) in [5, 5.41) is 13.3. The molecule has 1 saturated carbocycles. The van der Waals surface area contributed by atoms with Crippen LogP contribution in [-0.4, -0.2) is 35.2 Å². The number of rotatable bonds is 4. The van der Waals surface area contributed by atoms with Gasteiger partial charge in [-0.3, -0.25) is 4.90 Å². The summed E-state index contributed by atoms with van der Waals surface area (Å²) in [5.41, 5.74) is 1.18. The van der Waals surface area contributed by atoms with E-state index in [1.165, 1.54) is 37.9 Å². The Morgan fingerprint density at radius 3 is 2.53 bits per heavy atom. The quantitative estimate of drug-likeness (QED) is 0.829. The normalized spacial score (nSPS) is 24.0. The minimum absolute atomic E-state index is 0.268. The van der Waals surface area contributed by atoms with Crippen molar-refractivity contribution in [2.24, 2.45) is 0 Å². The van der Waals surface area contributed by atoms with E-state index in [1.807, 2.05) is 12.1 Å². The van der Waals surface area contributed by atoms with Crippen LogP contribution in [0, 0.1) is 0 Å². The Hall–Kier alpha value is -0.100. The first-order valence-electron chi connectivity index (χ1n) is 6.78. The molecule has 2 fully saturated rings. The smallest absolute Gasteiger partial charge is 0.143 e. The molecule has 19 heavy (non-hydrogen) atoms. The lowest BCUT2D eigenvalue weighted by Gasteiger charge is -2.16. The van der Waals surface area contributed by atoms with Gasteiger partial charge in [0.05, 0.1) is 8.95 Å². The van der Waals surface area contributed by atoms with E-state index >= 15 is 0 Å². The number of phenolic OH excluding ortho intramolecular Hbond substituents is 1. The summed E-state index contributed by atoms with van der Waals surface area (Å²) in [6.45, 7) is 3.27. The topological polar surface area (TPSA) is 35.5 Å². The monoisotopic (exact) mass is 388 g/mol. The van der Waals surface area contributed by atoms with Crippen molar-refractivity contribution in [1.82, 2.24) is 10.2 Å². The molecule has 104 valence electrons. The molecule has 1 saturated heterocycles. The Labute approximate surface area is 130 Å². The zero-order chi connectivity index (χ0) is 13.4. The number of likely N-dealkylation sites (tertiary alicyclic amines) is 1. The summed E-state index contributed by atoms with van der Waals surface area (Å²) in [5.74, 6) is 0.268.